The van der Waals surface area contributed by atoms with E-state index in [9.17, 15) is 19.5 Å². The lowest BCUT2D eigenvalue weighted by Gasteiger charge is -2.20. The van der Waals surface area contributed by atoms with Gasteiger partial charge in [-0.15, -0.1) is 0 Å². The van der Waals surface area contributed by atoms with Gasteiger partial charge in [0.25, 0.3) is 0 Å². The predicted molar refractivity (Wildman–Crippen MR) is 104 cm³/mol. The van der Waals surface area contributed by atoms with Crippen LogP contribution in [0.1, 0.15) is 45.2 Å². The standard InChI is InChI=1S/C21H26N2O4/c1-21(2,3)12-18(24)22-13-19(25)23-17(11-20(26)27)16-10-6-8-14-7-4-5-9-15(14)16/h4-10,17H,11-13H2,1-3H3,(H,22,24)(H,23,25)(H,26,27)/t17-/m1/s1. The van der Waals surface area contributed by atoms with Gasteiger partial charge in [0, 0.05) is 6.42 Å². The summed E-state index contributed by atoms with van der Waals surface area (Å²) in [6, 6.07) is 12.5. The van der Waals surface area contributed by atoms with Crippen LogP contribution >= 0.6 is 0 Å². The maximum absolute atomic E-state index is 12.3. The summed E-state index contributed by atoms with van der Waals surface area (Å²) in [6.07, 6.45) is 0.0673. The Morgan fingerprint density at radius 2 is 1.67 bits per heavy atom. The van der Waals surface area contributed by atoms with Gasteiger partial charge in [0.15, 0.2) is 0 Å². The van der Waals surface area contributed by atoms with Crippen molar-refractivity contribution in [1.82, 2.24) is 10.6 Å². The first kappa shape index (κ1) is 20.4. The zero-order valence-electron chi connectivity index (χ0n) is 15.9. The Hall–Kier alpha value is -2.89. The number of rotatable bonds is 7. The van der Waals surface area contributed by atoms with Gasteiger partial charge in [-0.1, -0.05) is 63.2 Å². The van der Waals surface area contributed by atoms with Gasteiger partial charge in [-0.2, -0.15) is 0 Å². The second-order valence-electron chi connectivity index (χ2n) is 7.80. The fraction of sp³-hybridized carbons (Fsp3) is 0.381. The summed E-state index contributed by atoms with van der Waals surface area (Å²) < 4.78 is 0. The van der Waals surface area contributed by atoms with E-state index in [-0.39, 0.29) is 24.3 Å². The molecular weight excluding hydrogens is 344 g/mol. The van der Waals surface area contributed by atoms with Crippen molar-refractivity contribution in [3.8, 4) is 0 Å². The number of carboxylic acids is 1. The summed E-state index contributed by atoms with van der Waals surface area (Å²) in [6.45, 7) is 5.64. The molecule has 2 rings (SSSR count). The lowest BCUT2D eigenvalue weighted by atomic mass is 9.92. The third-order valence-electron chi connectivity index (χ3n) is 4.05. The van der Waals surface area contributed by atoms with Crippen LogP contribution in [0.2, 0.25) is 0 Å². The molecule has 2 aromatic rings. The van der Waals surface area contributed by atoms with E-state index in [1.807, 2.05) is 63.2 Å². The minimum atomic E-state index is -1.01. The van der Waals surface area contributed by atoms with E-state index < -0.39 is 17.9 Å². The molecule has 0 heterocycles. The van der Waals surface area contributed by atoms with E-state index in [1.165, 1.54) is 0 Å². The summed E-state index contributed by atoms with van der Waals surface area (Å²) in [5, 5.41) is 16.4. The first-order chi connectivity index (χ1) is 12.7. The van der Waals surface area contributed by atoms with Crippen LogP contribution in [0.3, 0.4) is 0 Å². The van der Waals surface area contributed by atoms with Gasteiger partial charge in [0.05, 0.1) is 19.0 Å². The molecule has 0 saturated heterocycles. The van der Waals surface area contributed by atoms with Gasteiger partial charge in [-0.3, -0.25) is 14.4 Å². The molecule has 0 radical (unpaired) electrons. The minimum Gasteiger partial charge on any atom is -0.481 e. The summed E-state index contributed by atoms with van der Waals surface area (Å²) in [4.78, 5) is 35.5. The zero-order valence-corrected chi connectivity index (χ0v) is 15.9. The molecule has 0 aliphatic heterocycles. The molecule has 3 N–H and O–H groups in total. The Balaban J connectivity index is 2.11. The Kier molecular flexibility index (Phi) is 6.55. The van der Waals surface area contributed by atoms with E-state index in [4.69, 9.17) is 0 Å². The number of aliphatic carboxylic acids is 1. The third kappa shape index (κ3) is 6.40. The van der Waals surface area contributed by atoms with Crippen LogP contribution in [-0.4, -0.2) is 29.4 Å². The van der Waals surface area contributed by atoms with Gasteiger partial charge in [-0.25, -0.2) is 0 Å². The van der Waals surface area contributed by atoms with Crippen molar-refractivity contribution in [2.24, 2.45) is 5.41 Å². The molecule has 144 valence electrons. The average Bonchev–Trinajstić information content (AvgIpc) is 2.57. The Morgan fingerprint density at radius 1 is 1.00 bits per heavy atom. The van der Waals surface area contributed by atoms with E-state index in [0.29, 0.717) is 6.42 Å². The van der Waals surface area contributed by atoms with Gasteiger partial charge in [0.2, 0.25) is 11.8 Å². The number of carboxylic acid groups (broad SMARTS) is 1. The SMILES string of the molecule is CC(C)(C)CC(=O)NCC(=O)N[C@H](CC(=O)O)c1cccc2ccccc12. The molecule has 0 aliphatic rings. The molecule has 6 heteroatoms. The highest BCUT2D eigenvalue weighted by molar-refractivity contribution is 5.89. The number of nitrogens with one attached hydrogen (secondary N) is 2. The number of hydrogen-bond acceptors (Lipinski definition) is 3. The smallest absolute Gasteiger partial charge is 0.305 e. The first-order valence-electron chi connectivity index (χ1n) is 8.91. The Bertz CT molecular complexity index is 834. The number of hydrogen-bond donors (Lipinski definition) is 3. The van der Waals surface area contributed by atoms with Crippen molar-refractivity contribution < 1.29 is 19.5 Å². The van der Waals surface area contributed by atoms with Crippen LogP contribution in [0.4, 0.5) is 0 Å². The summed E-state index contributed by atoms with van der Waals surface area (Å²) in [5.74, 6) is -1.64. The highest BCUT2D eigenvalue weighted by Crippen LogP contribution is 2.26. The van der Waals surface area contributed by atoms with E-state index in [0.717, 1.165) is 16.3 Å². The maximum Gasteiger partial charge on any atom is 0.305 e. The van der Waals surface area contributed by atoms with E-state index in [1.54, 1.807) is 0 Å². The van der Waals surface area contributed by atoms with Crippen molar-refractivity contribution in [1.29, 1.82) is 0 Å². The predicted octanol–water partition coefficient (Wildman–Crippen LogP) is 3.02. The van der Waals surface area contributed by atoms with Crippen LogP contribution in [0.25, 0.3) is 10.8 Å². The second kappa shape index (κ2) is 8.66. The fourth-order valence-corrected chi connectivity index (χ4v) is 2.94. The van der Waals surface area contributed by atoms with E-state index in [2.05, 4.69) is 10.6 Å². The molecule has 0 bridgehead atoms. The third-order valence-corrected chi connectivity index (χ3v) is 4.05. The topological polar surface area (TPSA) is 95.5 Å². The number of benzene rings is 2. The normalized spacial score (nSPS) is 12.4. The summed E-state index contributed by atoms with van der Waals surface area (Å²) >= 11 is 0. The summed E-state index contributed by atoms with van der Waals surface area (Å²) in [5.41, 5.74) is 0.569. The molecular formula is C21H26N2O4. The molecule has 1 atom stereocenters. The first-order valence-corrected chi connectivity index (χ1v) is 8.91. The molecule has 6 nitrogen and oxygen atoms in total. The Morgan fingerprint density at radius 3 is 2.33 bits per heavy atom. The van der Waals surface area contributed by atoms with Crippen molar-refractivity contribution in [3.05, 3.63) is 48.0 Å². The molecule has 0 unspecified atom stereocenters. The maximum atomic E-state index is 12.3. The van der Waals surface area contributed by atoms with E-state index >= 15 is 0 Å². The second-order valence-corrected chi connectivity index (χ2v) is 7.80. The van der Waals surface area contributed by atoms with Crippen LogP contribution in [0, 0.1) is 5.41 Å². The van der Waals surface area contributed by atoms with Gasteiger partial charge < -0.3 is 15.7 Å². The van der Waals surface area contributed by atoms with Crippen molar-refractivity contribution >= 4 is 28.6 Å². The average molecular weight is 370 g/mol. The molecule has 2 aromatic carbocycles. The number of carbonyl (C=O) groups is 3. The van der Waals surface area contributed by atoms with Crippen molar-refractivity contribution in [3.63, 3.8) is 0 Å². The highest BCUT2D eigenvalue weighted by Gasteiger charge is 2.21. The molecule has 0 aromatic heterocycles. The zero-order chi connectivity index (χ0) is 20.0. The lowest BCUT2D eigenvalue weighted by molar-refractivity contribution is -0.138. The molecule has 0 fully saturated rings. The largest absolute Gasteiger partial charge is 0.481 e. The monoisotopic (exact) mass is 370 g/mol. The Labute approximate surface area is 159 Å². The van der Waals surface area contributed by atoms with Gasteiger partial charge in [0.1, 0.15) is 0 Å². The number of fused-ring (bicyclic) bond motifs is 1. The van der Waals surface area contributed by atoms with Crippen LogP contribution in [0.5, 0.6) is 0 Å². The minimum absolute atomic E-state index is 0.171. The molecule has 2 amide bonds. The van der Waals surface area contributed by atoms with Crippen LogP contribution < -0.4 is 10.6 Å². The van der Waals surface area contributed by atoms with Gasteiger partial charge >= 0.3 is 5.97 Å². The van der Waals surface area contributed by atoms with Crippen LogP contribution in [0.15, 0.2) is 42.5 Å². The van der Waals surface area contributed by atoms with Gasteiger partial charge in [-0.05, 0) is 21.8 Å². The molecule has 27 heavy (non-hydrogen) atoms. The molecule has 0 aliphatic carbocycles. The number of carbonyl (C=O) groups excluding carboxylic acids is 2. The number of amides is 2. The molecule has 0 spiro atoms. The van der Waals surface area contributed by atoms with Crippen molar-refractivity contribution in [2.45, 2.75) is 39.7 Å². The quantitative estimate of drug-likeness (QED) is 0.698. The van der Waals surface area contributed by atoms with Crippen molar-refractivity contribution in [2.75, 3.05) is 6.54 Å². The fourth-order valence-electron chi connectivity index (χ4n) is 2.94. The summed E-state index contributed by atoms with van der Waals surface area (Å²) in [7, 11) is 0. The lowest BCUT2D eigenvalue weighted by Crippen LogP contribution is -2.40. The van der Waals surface area contributed by atoms with Crippen LogP contribution in [-0.2, 0) is 14.4 Å². The molecule has 0 saturated carbocycles. The highest BCUT2D eigenvalue weighted by atomic mass is 16.4.